The molecule has 20 heavy (non-hydrogen) atoms. The SMILES string of the molecule is Fc1ccc(-c2nc(CNCc3cncs3)cs2)cc1. The molecule has 2 aromatic heterocycles. The quantitative estimate of drug-likeness (QED) is 0.781. The first kappa shape index (κ1) is 13.4. The highest BCUT2D eigenvalue weighted by atomic mass is 32.1. The average Bonchev–Trinajstić information content (AvgIpc) is 3.11. The lowest BCUT2D eigenvalue weighted by atomic mass is 10.2. The van der Waals surface area contributed by atoms with Crippen LogP contribution >= 0.6 is 22.7 Å². The van der Waals surface area contributed by atoms with Crippen molar-refractivity contribution in [2.24, 2.45) is 0 Å². The molecule has 102 valence electrons. The lowest BCUT2D eigenvalue weighted by Gasteiger charge is -1.99. The Morgan fingerprint density at radius 1 is 1.10 bits per heavy atom. The first-order valence-corrected chi connectivity index (χ1v) is 7.85. The van der Waals surface area contributed by atoms with E-state index >= 15 is 0 Å². The Morgan fingerprint density at radius 2 is 1.95 bits per heavy atom. The highest BCUT2D eigenvalue weighted by molar-refractivity contribution is 7.13. The fourth-order valence-electron chi connectivity index (χ4n) is 1.76. The molecule has 0 fully saturated rings. The minimum Gasteiger partial charge on any atom is -0.306 e. The van der Waals surface area contributed by atoms with Crippen LogP contribution in [0.4, 0.5) is 4.39 Å². The number of halogens is 1. The van der Waals surface area contributed by atoms with Crippen molar-refractivity contribution in [2.75, 3.05) is 0 Å². The van der Waals surface area contributed by atoms with Crippen LogP contribution in [0.1, 0.15) is 10.6 Å². The van der Waals surface area contributed by atoms with Crippen LogP contribution in [0.5, 0.6) is 0 Å². The highest BCUT2D eigenvalue weighted by Gasteiger charge is 2.05. The maximum absolute atomic E-state index is 12.9. The zero-order chi connectivity index (χ0) is 13.8. The van der Waals surface area contributed by atoms with Gasteiger partial charge in [0.1, 0.15) is 10.8 Å². The van der Waals surface area contributed by atoms with Crippen molar-refractivity contribution < 1.29 is 4.39 Å². The van der Waals surface area contributed by atoms with Crippen LogP contribution in [0.25, 0.3) is 10.6 Å². The predicted octanol–water partition coefficient (Wildman–Crippen LogP) is 3.70. The number of thiazole rings is 2. The van der Waals surface area contributed by atoms with Gasteiger partial charge in [0, 0.05) is 35.1 Å². The van der Waals surface area contributed by atoms with Crippen molar-refractivity contribution in [2.45, 2.75) is 13.1 Å². The molecule has 0 amide bonds. The summed E-state index contributed by atoms with van der Waals surface area (Å²) in [5, 5.41) is 6.28. The first-order valence-electron chi connectivity index (χ1n) is 6.10. The molecule has 0 aliphatic heterocycles. The molecule has 3 rings (SSSR count). The summed E-state index contributed by atoms with van der Waals surface area (Å²) in [6.45, 7) is 1.52. The summed E-state index contributed by atoms with van der Waals surface area (Å²) in [6, 6.07) is 6.42. The lowest BCUT2D eigenvalue weighted by Crippen LogP contribution is -2.11. The number of nitrogens with one attached hydrogen (secondary N) is 1. The molecule has 3 nitrogen and oxygen atoms in total. The maximum Gasteiger partial charge on any atom is 0.123 e. The van der Waals surface area contributed by atoms with Crippen LogP contribution in [-0.2, 0) is 13.1 Å². The van der Waals surface area contributed by atoms with Crippen molar-refractivity contribution in [1.82, 2.24) is 15.3 Å². The Kier molecular flexibility index (Phi) is 4.15. The van der Waals surface area contributed by atoms with E-state index in [0.717, 1.165) is 29.4 Å². The number of nitrogens with zero attached hydrogens (tertiary/aromatic N) is 2. The van der Waals surface area contributed by atoms with Gasteiger partial charge in [0.05, 0.1) is 11.2 Å². The summed E-state index contributed by atoms with van der Waals surface area (Å²) in [4.78, 5) is 9.79. The van der Waals surface area contributed by atoms with Gasteiger partial charge in [-0.05, 0) is 24.3 Å². The standard InChI is InChI=1S/C14H12FN3S2/c15-11-3-1-10(2-4-11)14-18-12(8-19-14)5-16-6-13-7-17-9-20-13/h1-4,7-9,16H,5-6H2. The number of benzene rings is 1. The van der Waals surface area contributed by atoms with Crippen LogP contribution in [0.3, 0.4) is 0 Å². The second kappa shape index (κ2) is 6.21. The fourth-order valence-corrected chi connectivity index (χ4v) is 3.15. The molecule has 0 atom stereocenters. The topological polar surface area (TPSA) is 37.8 Å². The Balaban J connectivity index is 1.60. The van der Waals surface area contributed by atoms with Crippen LogP contribution in [0, 0.1) is 5.82 Å². The molecule has 1 N–H and O–H groups in total. The first-order chi connectivity index (χ1) is 9.81. The van der Waals surface area contributed by atoms with Gasteiger partial charge in [-0.2, -0.15) is 0 Å². The average molecular weight is 305 g/mol. The predicted molar refractivity (Wildman–Crippen MR) is 80.2 cm³/mol. The van der Waals surface area contributed by atoms with Gasteiger partial charge in [-0.25, -0.2) is 9.37 Å². The maximum atomic E-state index is 12.9. The molecule has 0 saturated carbocycles. The zero-order valence-electron chi connectivity index (χ0n) is 10.5. The summed E-state index contributed by atoms with van der Waals surface area (Å²) in [7, 11) is 0. The molecule has 2 heterocycles. The van der Waals surface area contributed by atoms with E-state index in [-0.39, 0.29) is 5.82 Å². The van der Waals surface area contributed by atoms with Gasteiger partial charge in [0.25, 0.3) is 0 Å². The summed E-state index contributed by atoms with van der Waals surface area (Å²) >= 11 is 3.21. The van der Waals surface area contributed by atoms with Crippen LogP contribution in [-0.4, -0.2) is 9.97 Å². The van der Waals surface area contributed by atoms with E-state index in [1.165, 1.54) is 17.0 Å². The molecule has 3 aromatic rings. The summed E-state index contributed by atoms with van der Waals surface area (Å²) in [5.74, 6) is -0.225. The van der Waals surface area contributed by atoms with Crippen molar-refractivity contribution >= 4 is 22.7 Å². The van der Waals surface area contributed by atoms with Gasteiger partial charge in [0.2, 0.25) is 0 Å². The number of aromatic nitrogens is 2. The molecule has 0 radical (unpaired) electrons. The van der Waals surface area contributed by atoms with Gasteiger partial charge in [0.15, 0.2) is 0 Å². The van der Waals surface area contributed by atoms with Crippen LogP contribution in [0.2, 0.25) is 0 Å². The minimum atomic E-state index is -0.225. The van der Waals surface area contributed by atoms with E-state index in [0.29, 0.717) is 0 Å². The van der Waals surface area contributed by atoms with E-state index in [2.05, 4.69) is 15.3 Å². The molecule has 0 spiro atoms. The zero-order valence-corrected chi connectivity index (χ0v) is 12.2. The van der Waals surface area contributed by atoms with Gasteiger partial charge < -0.3 is 5.32 Å². The van der Waals surface area contributed by atoms with Gasteiger partial charge in [-0.3, -0.25) is 4.98 Å². The third kappa shape index (κ3) is 3.27. The normalized spacial score (nSPS) is 10.8. The minimum absolute atomic E-state index is 0.225. The fraction of sp³-hybridized carbons (Fsp3) is 0.143. The molecule has 0 bridgehead atoms. The highest BCUT2D eigenvalue weighted by Crippen LogP contribution is 2.23. The van der Waals surface area contributed by atoms with Crippen LogP contribution in [0.15, 0.2) is 41.4 Å². The van der Waals surface area contributed by atoms with E-state index in [1.807, 2.05) is 17.1 Å². The third-order valence-electron chi connectivity index (χ3n) is 2.73. The van der Waals surface area contributed by atoms with E-state index < -0.39 is 0 Å². The monoisotopic (exact) mass is 305 g/mol. The van der Waals surface area contributed by atoms with E-state index in [9.17, 15) is 4.39 Å². The Hall–Kier alpha value is -1.63. The molecule has 0 aliphatic carbocycles. The number of hydrogen-bond acceptors (Lipinski definition) is 5. The molecule has 1 aromatic carbocycles. The van der Waals surface area contributed by atoms with Crippen molar-refractivity contribution in [3.05, 3.63) is 57.7 Å². The third-order valence-corrected chi connectivity index (χ3v) is 4.45. The second-order valence-corrected chi connectivity index (χ2v) is 6.05. The molecular formula is C14H12FN3S2. The number of hydrogen-bond donors (Lipinski definition) is 1. The Labute approximate surface area is 124 Å². The second-order valence-electron chi connectivity index (χ2n) is 4.22. The lowest BCUT2D eigenvalue weighted by molar-refractivity contribution is 0.628. The van der Waals surface area contributed by atoms with E-state index in [4.69, 9.17) is 0 Å². The van der Waals surface area contributed by atoms with Crippen molar-refractivity contribution in [3.63, 3.8) is 0 Å². The van der Waals surface area contributed by atoms with Gasteiger partial charge in [-0.1, -0.05) is 0 Å². The summed E-state index contributed by atoms with van der Waals surface area (Å²) in [6.07, 6.45) is 1.86. The smallest absolute Gasteiger partial charge is 0.123 e. The van der Waals surface area contributed by atoms with Crippen molar-refractivity contribution in [3.8, 4) is 10.6 Å². The molecule has 0 saturated heterocycles. The van der Waals surface area contributed by atoms with Gasteiger partial charge >= 0.3 is 0 Å². The molecule has 6 heteroatoms. The Morgan fingerprint density at radius 3 is 2.70 bits per heavy atom. The summed E-state index contributed by atoms with van der Waals surface area (Å²) < 4.78 is 12.9. The molecule has 0 aliphatic rings. The van der Waals surface area contributed by atoms with E-state index in [1.54, 1.807) is 34.8 Å². The summed E-state index contributed by atoms with van der Waals surface area (Å²) in [5.41, 5.74) is 3.77. The molecule has 0 unspecified atom stereocenters. The Bertz CT molecular complexity index is 662. The van der Waals surface area contributed by atoms with Gasteiger partial charge in [-0.15, -0.1) is 22.7 Å². The van der Waals surface area contributed by atoms with Crippen molar-refractivity contribution in [1.29, 1.82) is 0 Å². The largest absolute Gasteiger partial charge is 0.306 e. The van der Waals surface area contributed by atoms with Crippen LogP contribution < -0.4 is 5.32 Å². The molecular weight excluding hydrogens is 293 g/mol. The number of rotatable bonds is 5.